The molecule has 0 spiro atoms. The predicted octanol–water partition coefficient (Wildman–Crippen LogP) is -2.61. The van der Waals surface area contributed by atoms with Gasteiger partial charge in [-0.15, -0.1) is 0 Å². The molecule has 0 aliphatic carbocycles. The minimum atomic E-state index is -1.25. The number of nitrogen functional groups attached to an aromatic ring is 1. The largest absolute Gasteiger partial charge is 0.412 e. The molecule has 1 atom stereocenters. The van der Waals surface area contributed by atoms with Crippen molar-refractivity contribution < 1.29 is 20.4 Å². The lowest BCUT2D eigenvalue weighted by Crippen LogP contribution is -2.37. The number of aliphatic hydroxyl groups is 2. The number of ether oxygens (including phenoxy) is 1. The molecule has 1 aromatic rings. The van der Waals surface area contributed by atoms with Crippen LogP contribution in [0.2, 0.25) is 0 Å². The molecule has 1 aromatic heterocycles. The SMILES string of the molecule is Nc1nc2c(c(=O)[nH]1)NCN2C(O)OCCCO.O. The van der Waals surface area contributed by atoms with Crippen LogP contribution in [0.1, 0.15) is 6.42 Å². The van der Waals surface area contributed by atoms with Gasteiger partial charge in [-0.1, -0.05) is 0 Å². The van der Waals surface area contributed by atoms with Crippen molar-refractivity contribution in [3.8, 4) is 0 Å². The van der Waals surface area contributed by atoms with Gasteiger partial charge in [0.15, 0.2) is 5.82 Å². The number of aliphatic hydroxyl groups excluding tert-OH is 2. The summed E-state index contributed by atoms with van der Waals surface area (Å²) < 4.78 is 5.09. The molecule has 2 rings (SSSR count). The van der Waals surface area contributed by atoms with Crippen LogP contribution in [0.3, 0.4) is 0 Å². The minimum Gasteiger partial charge on any atom is -0.412 e. The second kappa shape index (κ2) is 6.33. The topological polar surface area (TPSA) is 168 Å². The zero-order valence-corrected chi connectivity index (χ0v) is 10.1. The van der Waals surface area contributed by atoms with Gasteiger partial charge < -0.3 is 31.5 Å². The number of H-pyrrole nitrogens is 1. The third kappa shape index (κ3) is 3.12. The highest BCUT2D eigenvalue weighted by Crippen LogP contribution is 2.26. The number of anilines is 3. The molecule has 108 valence electrons. The first kappa shape index (κ1) is 15.2. The van der Waals surface area contributed by atoms with Crippen LogP contribution in [0.25, 0.3) is 0 Å². The van der Waals surface area contributed by atoms with Crippen molar-refractivity contribution in [1.82, 2.24) is 9.97 Å². The summed E-state index contributed by atoms with van der Waals surface area (Å²) in [6.45, 7) is 0.365. The van der Waals surface area contributed by atoms with Gasteiger partial charge in [-0.2, -0.15) is 4.98 Å². The van der Waals surface area contributed by atoms with E-state index in [2.05, 4.69) is 15.3 Å². The fourth-order valence-corrected chi connectivity index (χ4v) is 1.61. The molecule has 0 saturated carbocycles. The maximum absolute atomic E-state index is 11.5. The molecule has 1 aliphatic rings. The molecule has 1 unspecified atom stereocenters. The third-order valence-corrected chi connectivity index (χ3v) is 2.45. The maximum atomic E-state index is 11.5. The Balaban J connectivity index is 0.00000180. The molecular formula is C9H17N5O5. The van der Waals surface area contributed by atoms with Crippen molar-refractivity contribution in [2.75, 3.05) is 35.8 Å². The Morgan fingerprint density at radius 1 is 1.58 bits per heavy atom. The molecule has 2 heterocycles. The molecule has 8 N–H and O–H groups in total. The summed E-state index contributed by atoms with van der Waals surface area (Å²) in [5.41, 5.74) is 5.28. The van der Waals surface area contributed by atoms with Crippen LogP contribution in [-0.2, 0) is 4.74 Å². The Bertz CT molecular complexity index is 479. The van der Waals surface area contributed by atoms with Crippen molar-refractivity contribution in [1.29, 1.82) is 0 Å². The van der Waals surface area contributed by atoms with Gasteiger partial charge in [0.1, 0.15) is 5.69 Å². The van der Waals surface area contributed by atoms with Gasteiger partial charge in [-0.3, -0.25) is 14.7 Å². The monoisotopic (exact) mass is 275 g/mol. The van der Waals surface area contributed by atoms with Crippen LogP contribution >= 0.6 is 0 Å². The van der Waals surface area contributed by atoms with Gasteiger partial charge >= 0.3 is 0 Å². The number of hydrogen-bond acceptors (Lipinski definition) is 8. The summed E-state index contributed by atoms with van der Waals surface area (Å²) in [5.74, 6) is 0.211. The Morgan fingerprint density at radius 3 is 3.00 bits per heavy atom. The summed E-state index contributed by atoms with van der Waals surface area (Å²) in [6.07, 6.45) is -0.838. The fraction of sp³-hybridized carbons (Fsp3) is 0.556. The number of aromatic nitrogens is 2. The summed E-state index contributed by atoms with van der Waals surface area (Å²) in [7, 11) is 0. The fourth-order valence-electron chi connectivity index (χ4n) is 1.61. The Morgan fingerprint density at radius 2 is 2.32 bits per heavy atom. The van der Waals surface area contributed by atoms with Gasteiger partial charge in [-0.25, -0.2) is 0 Å². The van der Waals surface area contributed by atoms with Crippen LogP contribution in [0.5, 0.6) is 0 Å². The van der Waals surface area contributed by atoms with Gasteiger partial charge in [0.2, 0.25) is 12.4 Å². The van der Waals surface area contributed by atoms with Crippen molar-refractivity contribution in [2.45, 2.75) is 12.8 Å². The highest BCUT2D eigenvalue weighted by molar-refractivity contribution is 5.70. The normalized spacial score (nSPS) is 14.5. The lowest BCUT2D eigenvalue weighted by Gasteiger charge is -2.23. The zero-order valence-electron chi connectivity index (χ0n) is 10.1. The number of aromatic amines is 1. The van der Waals surface area contributed by atoms with E-state index in [1.165, 1.54) is 4.90 Å². The first-order chi connectivity index (χ1) is 8.63. The van der Waals surface area contributed by atoms with Gasteiger partial charge in [-0.05, 0) is 6.42 Å². The highest BCUT2D eigenvalue weighted by Gasteiger charge is 2.29. The minimum absolute atomic E-state index is 0. The first-order valence-corrected chi connectivity index (χ1v) is 5.44. The molecule has 19 heavy (non-hydrogen) atoms. The molecule has 10 heteroatoms. The molecule has 0 bridgehead atoms. The molecule has 0 radical (unpaired) electrons. The summed E-state index contributed by atoms with van der Waals surface area (Å²) in [4.78, 5) is 19.2. The summed E-state index contributed by atoms with van der Waals surface area (Å²) in [5, 5.41) is 21.2. The predicted molar refractivity (Wildman–Crippen MR) is 67.5 cm³/mol. The number of rotatable bonds is 5. The van der Waals surface area contributed by atoms with E-state index < -0.39 is 12.0 Å². The molecule has 0 saturated heterocycles. The van der Waals surface area contributed by atoms with Crippen molar-refractivity contribution in [2.24, 2.45) is 0 Å². The lowest BCUT2D eigenvalue weighted by atomic mass is 10.4. The van der Waals surface area contributed by atoms with E-state index in [0.717, 1.165) is 0 Å². The van der Waals surface area contributed by atoms with E-state index in [1.807, 2.05) is 0 Å². The molecular weight excluding hydrogens is 258 g/mol. The Kier molecular flexibility index (Phi) is 5.06. The Labute approximate surface area is 108 Å². The Hall–Kier alpha value is -1.88. The van der Waals surface area contributed by atoms with E-state index in [4.69, 9.17) is 15.6 Å². The van der Waals surface area contributed by atoms with Gasteiger partial charge in [0, 0.05) is 6.61 Å². The van der Waals surface area contributed by atoms with Crippen molar-refractivity contribution >= 4 is 17.5 Å². The van der Waals surface area contributed by atoms with E-state index >= 15 is 0 Å². The quantitative estimate of drug-likeness (QED) is 0.287. The van der Waals surface area contributed by atoms with E-state index in [1.54, 1.807) is 0 Å². The van der Waals surface area contributed by atoms with Crippen LogP contribution in [0, 0.1) is 0 Å². The molecule has 1 aliphatic heterocycles. The third-order valence-electron chi connectivity index (χ3n) is 2.45. The number of nitrogens with zero attached hydrogens (tertiary/aromatic N) is 2. The first-order valence-electron chi connectivity index (χ1n) is 5.44. The van der Waals surface area contributed by atoms with Crippen LogP contribution in [0.4, 0.5) is 17.5 Å². The maximum Gasteiger partial charge on any atom is 0.277 e. The summed E-state index contributed by atoms with van der Waals surface area (Å²) >= 11 is 0. The second-order valence-electron chi connectivity index (χ2n) is 3.73. The van der Waals surface area contributed by atoms with Crippen molar-refractivity contribution in [3.05, 3.63) is 10.4 Å². The number of nitrogens with one attached hydrogen (secondary N) is 2. The average molecular weight is 275 g/mol. The smallest absolute Gasteiger partial charge is 0.277 e. The van der Waals surface area contributed by atoms with Crippen LogP contribution < -0.4 is 21.5 Å². The van der Waals surface area contributed by atoms with Crippen LogP contribution in [0.15, 0.2) is 4.79 Å². The standard InChI is InChI=1S/C9H15N5O4.H2O/c10-8-12-6-5(7(16)13-8)11-4-14(6)9(17)18-3-1-2-15;/h9,11,15,17H,1-4H2,(H3,10,12,13,16);1H2. The summed E-state index contributed by atoms with van der Waals surface area (Å²) in [6, 6.07) is 0. The van der Waals surface area contributed by atoms with E-state index in [0.29, 0.717) is 6.42 Å². The second-order valence-corrected chi connectivity index (χ2v) is 3.73. The molecule has 0 fully saturated rings. The number of nitrogens with two attached hydrogens (primary N) is 1. The van der Waals surface area contributed by atoms with Crippen LogP contribution in [-0.4, -0.2) is 52.0 Å². The van der Waals surface area contributed by atoms with E-state index in [-0.39, 0.29) is 42.8 Å². The molecule has 0 aromatic carbocycles. The molecule has 0 amide bonds. The zero-order chi connectivity index (χ0) is 13.1. The average Bonchev–Trinajstić information content (AvgIpc) is 2.73. The highest BCUT2D eigenvalue weighted by atomic mass is 16.6. The van der Waals surface area contributed by atoms with Crippen molar-refractivity contribution in [3.63, 3.8) is 0 Å². The van der Waals surface area contributed by atoms with E-state index in [9.17, 15) is 9.90 Å². The van der Waals surface area contributed by atoms with Gasteiger partial charge in [0.05, 0.1) is 13.3 Å². The molecule has 10 nitrogen and oxygen atoms in total. The number of fused-ring (bicyclic) bond motifs is 1. The lowest BCUT2D eigenvalue weighted by molar-refractivity contribution is -0.100. The number of hydrogen-bond donors (Lipinski definition) is 5. The van der Waals surface area contributed by atoms with Gasteiger partial charge in [0.25, 0.3) is 5.56 Å².